The minimum absolute atomic E-state index is 0.0418. The maximum atomic E-state index is 5.87. The zero-order valence-corrected chi connectivity index (χ0v) is 15.7. The van der Waals surface area contributed by atoms with E-state index in [9.17, 15) is 0 Å². The number of nitrogens with zero attached hydrogens (tertiary/aromatic N) is 4. The molecule has 0 aliphatic carbocycles. The number of rotatable bonds is 4. The third-order valence-corrected chi connectivity index (χ3v) is 5.37. The van der Waals surface area contributed by atoms with Gasteiger partial charge in [0.2, 0.25) is 18.6 Å². The van der Waals surface area contributed by atoms with Crippen molar-refractivity contribution in [1.29, 1.82) is 0 Å². The van der Waals surface area contributed by atoms with Gasteiger partial charge >= 0.3 is 0 Å². The Labute approximate surface area is 153 Å². The smallest absolute Gasteiger partial charge is 0.247 e. The number of aromatic nitrogens is 4. The standard InChI is InChI=1S/C17H17BrN4O3/c1-9(7-22-11(3)15(18)10(2)21-22)16-19-20-17(25-16)12-4-5-13-14(6-12)24-8-23-13/h4-6,9H,7-8H2,1-3H3. The number of fused-ring (bicyclic) bond motifs is 1. The Hall–Kier alpha value is -2.35. The molecule has 130 valence electrons. The van der Waals surface area contributed by atoms with Crippen molar-refractivity contribution in [2.45, 2.75) is 33.2 Å². The van der Waals surface area contributed by atoms with Crippen LogP contribution in [0.5, 0.6) is 11.5 Å². The Morgan fingerprint density at radius 2 is 2.00 bits per heavy atom. The summed E-state index contributed by atoms with van der Waals surface area (Å²) in [5, 5.41) is 12.9. The Bertz CT molecular complexity index is 934. The van der Waals surface area contributed by atoms with Crippen LogP contribution in [-0.2, 0) is 6.54 Å². The molecule has 8 heteroatoms. The maximum absolute atomic E-state index is 5.87. The van der Waals surface area contributed by atoms with Crippen LogP contribution in [0.15, 0.2) is 27.1 Å². The molecule has 0 spiro atoms. The molecule has 1 unspecified atom stereocenters. The van der Waals surface area contributed by atoms with Gasteiger partial charge in [-0.15, -0.1) is 10.2 Å². The number of benzene rings is 1. The fourth-order valence-electron chi connectivity index (χ4n) is 2.77. The van der Waals surface area contributed by atoms with Crippen molar-refractivity contribution in [1.82, 2.24) is 20.0 Å². The van der Waals surface area contributed by atoms with Crippen molar-refractivity contribution in [2.24, 2.45) is 0 Å². The summed E-state index contributed by atoms with van der Waals surface area (Å²) in [4.78, 5) is 0. The molecular formula is C17H17BrN4O3. The fourth-order valence-corrected chi connectivity index (χ4v) is 3.05. The Morgan fingerprint density at radius 3 is 2.76 bits per heavy atom. The zero-order chi connectivity index (χ0) is 17.6. The summed E-state index contributed by atoms with van der Waals surface area (Å²) in [5.41, 5.74) is 2.86. The van der Waals surface area contributed by atoms with E-state index in [1.807, 2.05) is 43.7 Å². The second-order valence-electron chi connectivity index (χ2n) is 6.08. The van der Waals surface area contributed by atoms with Gasteiger partial charge in [-0.05, 0) is 48.0 Å². The van der Waals surface area contributed by atoms with Crippen LogP contribution in [0.4, 0.5) is 0 Å². The highest BCUT2D eigenvalue weighted by atomic mass is 79.9. The van der Waals surface area contributed by atoms with Crippen molar-refractivity contribution >= 4 is 15.9 Å². The normalized spacial score (nSPS) is 14.1. The molecule has 0 radical (unpaired) electrons. The molecule has 1 aliphatic rings. The zero-order valence-electron chi connectivity index (χ0n) is 14.1. The summed E-state index contributed by atoms with van der Waals surface area (Å²) in [6, 6.07) is 5.58. The lowest BCUT2D eigenvalue weighted by molar-refractivity contribution is 0.174. The van der Waals surface area contributed by atoms with E-state index >= 15 is 0 Å². The molecule has 3 aromatic rings. The van der Waals surface area contributed by atoms with Gasteiger partial charge < -0.3 is 13.9 Å². The first kappa shape index (κ1) is 16.1. The Morgan fingerprint density at radius 1 is 1.20 bits per heavy atom. The summed E-state index contributed by atoms with van der Waals surface area (Å²) in [6.45, 7) is 6.96. The lowest BCUT2D eigenvalue weighted by Gasteiger charge is -2.08. The van der Waals surface area contributed by atoms with Crippen LogP contribution >= 0.6 is 15.9 Å². The summed E-state index contributed by atoms with van der Waals surface area (Å²) in [5.74, 6) is 2.51. The van der Waals surface area contributed by atoms with E-state index in [4.69, 9.17) is 13.9 Å². The van der Waals surface area contributed by atoms with Gasteiger partial charge in [0.1, 0.15) is 0 Å². The molecule has 0 bridgehead atoms. The van der Waals surface area contributed by atoms with Crippen LogP contribution in [0, 0.1) is 13.8 Å². The number of hydrogen-bond acceptors (Lipinski definition) is 6. The molecule has 1 atom stereocenters. The predicted octanol–water partition coefficient (Wildman–Crippen LogP) is 3.84. The number of hydrogen-bond donors (Lipinski definition) is 0. The molecule has 0 saturated heterocycles. The van der Waals surface area contributed by atoms with Gasteiger partial charge in [-0.1, -0.05) is 6.92 Å². The average molecular weight is 405 g/mol. The van der Waals surface area contributed by atoms with E-state index in [-0.39, 0.29) is 12.7 Å². The van der Waals surface area contributed by atoms with Crippen LogP contribution in [0.3, 0.4) is 0 Å². The van der Waals surface area contributed by atoms with Gasteiger partial charge in [-0.2, -0.15) is 5.10 Å². The number of aryl methyl sites for hydroxylation is 1. The molecule has 7 nitrogen and oxygen atoms in total. The molecular weight excluding hydrogens is 388 g/mol. The highest BCUT2D eigenvalue weighted by Crippen LogP contribution is 2.36. The van der Waals surface area contributed by atoms with E-state index < -0.39 is 0 Å². The average Bonchev–Trinajstić information content (AvgIpc) is 3.31. The summed E-state index contributed by atoms with van der Waals surface area (Å²) < 4.78 is 19.6. The SMILES string of the molecule is Cc1nn(CC(C)c2nnc(-c3ccc4c(c3)OCO4)o2)c(C)c1Br. The first-order chi connectivity index (χ1) is 12.0. The minimum atomic E-state index is 0.0418. The third kappa shape index (κ3) is 2.90. The Kier molecular flexibility index (Phi) is 3.99. The highest BCUT2D eigenvalue weighted by Gasteiger charge is 2.20. The largest absolute Gasteiger partial charge is 0.454 e. The molecule has 1 aromatic carbocycles. The first-order valence-electron chi connectivity index (χ1n) is 7.96. The van der Waals surface area contributed by atoms with Crippen LogP contribution in [0.1, 0.15) is 30.1 Å². The highest BCUT2D eigenvalue weighted by molar-refractivity contribution is 9.10. The number of halogens is 1. The maximum Gasteiger partial charge on any atom is 0.247 e. The Balaban J connectivity index is 1.55. The molecule has 0 N–H and O–H groups in total. The molecule has 0 fully saturated rings. The van der Waals surface area contributed by atoms with Crippen LogP contribution in [-0.4, -0.2) is 26.8 Å². The molecule has 2 aromatic heterocycles. The van der Waals surface area contributed by atoms with Crippen LogP contribution in [0.2, 0.25) is 0 Å². The van der Waals surface area contributed by atoms with Gasteiger partial charge in [-0.3, -0.25) is 4.68 Å². The third-order valence-electron chi connectivity index (χ3n) is 4.22. The van der Waals surface area contributed by atoms with Gasteiger partial charge in [0.15, 0.2) is 11.5 Å². The second kappa shape index (κ2) is 6.18. The first-order valence-corrected chi connectivity index (χ1v) is 8.75. The van der Waals surface area contributed by atoms with Crippen LogP contribution in [0.25, 0.3) is 11.5 Å². The quantitative estimate of drug-likeness (QED) is 0.657. The molecule has 3 heterocycles. The summed E-state index contributed by atoms with van der Waals surface area (Å²) >= 11 is 3.55. The van der Waals surface area contributed by atoms with E-state index in [1.165, 1.54) is 0 Å². The van der Waals surface area contributed by atoms with Gasteiger partial charge in [0, 0.05) is 11.3 Å². The monoisotopic (exact) mass is 404 g/mol. The van der Waals surface area contributed by atoms with E-state index in [0.717, 1.165) is 27.2 Å². The van der Waals surface area contributed by atoms with Crippen molar-refractivity contribution in [2.75, 3.05) is 6.79 Å². The lowest BCUT2D eigenvalue weighted by atomic mass is 10.2. The number of ether oxygens (including phenoxy) is 2. The lowest BCUT2D eigenvalue weighted by Crippen LogP contribution is -2.09. The second-order valence-corrected chi connectivity index (χ2v) is 6.87. The predicted molar refractivity (Wildman–Crippen MR) is 93.7 cm³/mol. The molecule has 4 rings (SSSR count). The van der Waals surface area contributed by atoms with E-state index in [0.29, 0.717) is 24.1 Å². The van der Waals surface area contributed by atoms with Crippen molar-refractivity contribution in [3.05, 3.63) is 40.0 Å². The minimum Gasteiger partial charge on any atom is -0.454 e. The van der Waals surface area contributed by atoms with E-state index in [2.05, 4.69) is 31.2 Å². The van der Waals surface area contributed by atoms with Crippen molar-refractivity contribution in [3.63, 3.8) is 0 Å². The molecule has 0 saturated carbocycles. The molecule has 25 heavy (non-hydrogen) atoms. The van der Waals surface area contributed by atoms with E-state index in [1.54, 1.807) is 0 Å². The summed E-state index contributed by atoms with van der Waals surface area (Å²) in [6.07, 6.45) is 0. The molecule has 0 amide bonds. The van der Waals surface area contributed by atoms with Gasteiger partial charge in [0.05, 0.1) is 22.6 Å². The van der Waals surface area contributed by atoms with Crippen LogP contribution < -0.4 is 9.47 Å². The van der Waals surface area contributed by atoms with Crippen molar-refractivity contribution < 1.29 is 13.9 Å². The molecule has 1 aliphatic heterocycles. The van der Waals surface area contributed by atoms with Crippen molar-refractivity contribution in [3.8, 4) is 23.0 Å². The topological polar surface area (TPSA) is 75.2 Å². The van der Waals surface area contributed by atoms with Gasteiger partial charge in [-0.25, -0.2) is 0 Å². The fraction of sp³-hybridized carbons (Fsp3) is 0.353. The summed E-state index contributed by atoms with van der Waals surface area (Å²) in [7, 11) is 0. The van der Waals surface area contributed by atoms with Gasteiger partial charge in [0.25, 0.3) is 0 Å².